The number of nitrogens with one attached hydrogen (secondary N) is 1. The Morgan fingerprint density at radius 1 is 1.36 bits per heavy atom. The molecule has 1 aromatic carbocycles. The highest BCUT2D eigenvalue weighted by Gasteiger charge is 2.27. The Morgan fingerprint density at radius 2 is 2.16 bits per heavy atom. The summed E-state index contributed by atoms with van der Waals surface area (Å²) < 4.78 is 0. The smallest absolute Gasteiger partial charge is 0.293 e. The minimum atomic E-state index is -0.436. The summed E-state index contributed by atoms with van der Waals surface area (Å²) in [5.74, 6) is -0.0777. The van der Waals surface area contributed by atoms with E-state index in [1.165, 1.54) is 11.0 Å². The van der Waals surface area contributed by atoms with Crippen molar-refractivity contribution >= 4 is 23.2 Å². The van der Waals surface area contributed by atoms with Crippen LogP contribution in [0.25, 0.3) is 0 Å². The van der Waals surface area contributed by atoms with E-state index in [4.69, 9.17) is 0 Å². The van der Waals surface area contributed by atoms with Gasteiger partial charge in [0.1, 0.15) is 5.69 Å². The molecule has 0 unspecified atom stereocenters. The molecule has 2 amide bonds. The Kier molecular flexibility index (Phi) is 4.87. The highest BCUT2D eigenvalue weighted by molar-refractivity contribution is 5.98. The van der Waals surface area contributed by atoms with Gasteiger partial charge in [-0.1, -0.05) is 6.92 Å². The van der Waals surface area contributed by atoms with Crippen LogP contribution in [-0.2, 0) is 4.79 Å². The summed E-state index contributed by atoms with van der Waals surface area (Å²) in [6, 6.07) is 4.62. The molecule has 2 heterocycles. The molecule has 1 N–H and O–H groups in total. The number of nitrogens with zero attached hydrogens (tertiary/aromatic N) is 3. The number of carbonyl (C=O) groups is 2. The van der Waals surface area contributed by atoms with Crippen LogP contribution in [0.15, 0.2) is 18.2 Å². The van der Waals surface area contributed by atoms with E-state index in [2.05, 4.69) is 12.2 Å². The summed E-state index contributed by atoms with van der Waals surface area (Å²) in [6.07, 6.45) is 2.12. The third-order valence-electron chi connectivity index (χ3n) is 4.74. The maximum absolute atomic E-state index is 12.6. The topological polar surface area (TPSA) is 95.8 Å². The second-order valence-corrected chi connectivity index (χ2v) is 6.73. The Bertz CT molecular complexity index is 706. The molecule has 1 atom stereocenters. The number of piperidine rings is 1. The molecule has 0 aliphatic carbocycles. The Morgan fingerprint density at radius 3 is 2.84 bits per heavy atom. The third-order valence-corrected chi connectivity index (χ3v) is 4.74. The number of nitro benzene ring substituents is 1. The molecule has 2 saturated heterocycles. The summed E-state index contributed by atoms with van der Waals surface area (Å²) in [5.41, 5.74) is 0.751. The number of benzene rings is 1. The van der Waals surface area contributed by atoms with Crippen molar-refractivity contribution in [3.8, 4) is 0 Å². The van der Waals surface area contributed by atoms with E-state index >= 15 is 0 Å². The van der Waals surface area contributed by atoms with Crippen LogP contribution in [0.3, 0.4) is 0 Å². The zero-order valence-electron chi connectivity index (χ0n) is 14.2. The van der Waals surface area contributed by atoms with Crippen LogP contribution in [0.2, 0.25) is 0 Å². The predicted octanol–water partition coefficient (Wildman–Crippen LogP) is 1.40. The first-order valence-corrected chi connectivity index (χ1v) is 8.55. The Hall–Kier alpha value is -2.64. The fourth-order valence-corrected chi connectivity index (χ4v) is 3.47. The number of hydrogen-bond acceptors (Lipinski definition) is 5. The molecule has 0 bridgehead atoms. The molecule has 8 nitrogen and oxygen atoms in total. The van der Waals surface area contributed by atoms with Crippen LogP contribution in [0.5, 0.6) is 0 Å². The SMILES string of the molecule is C[C@H]1CCCN(c2ccc(C(=O)N3CCNC(=O)C3)cc2[N+](=O)[O-])C1. The molecule has 8 heteroatoms. The average molecular weight is 346 g/mol. The molecule has 0 spiro atoms. The standard InChI is InChI=1S/C17H22N4O4/c1-12-3-2-7-19(10-12)14-5-4-13(9-15(14)21(24)25)17(23)20-8-6-18-16(22)11-20/h4-5,9,12H,2-3,6-8,10-11H2,1H3,(H,18,22)/t12-/m0/s1. The molecule has 1 aromatic rings. The molecular weight excluding hydrogens is 324 g/mol. The summed E-state index contributed by atoms with van der Waals surface area (Å²) in [4.78, 5) is 38.6. The van der Waals surface area contributed by atoms with Gasteiger partial charge in [0.2, 0.25) is 5.91 Å². The van der Waals surface area contributed by atoms with E-state index in [0.717, 1.165) is 25.9 Å². The van der Waals surface area contributed by atoms with Crippen molar-refractivity contribution in [2.45, 2.75) is 19.8 Å². The molecule has 25 heavy (non-hydrogen) atoms. The zero-order chi connectivity index (χ0) is 18.0. The maximum atomic E-state index is 12.6. The van der Waals surface area contributed by atoms with Crippen LogP contribution >= 0.6 is 0 Å². The first-order valence-electron chi connectivity index (χ1n) is 8.55. The minimum absolute atomic E-state index is 0.0159. The van der Waals surface area contributed by atoms with Gasteiger partial charge < -0.3 is 15.1 Å². The highest BCUT2D eigenvalue weighted by Crippen LogP contribution is 2.32. The first-order chi connectivity index (χ1) is 12.0. The van der Waals surface area contributed by atoms with E-state index in [1.54, 1.807) is 12.1 Å². The average Bonchev–Trinajstić information content (AvgIpc) is 2.60. The molecule has 134 valence electrons. The van der Waals surface area contributed by atoms with E-state index in [1.807, 2.05) is 4.90 Å². The number of nitro groups is 1. The normalized spacial score (nSPS) is 21.0. The number of hydrogen-bond donors (Lipinski definition) is 1. The van der Waals surface area contributed by atoms with E-state index < -0.39 is 4.92 Å². The van der Waals surface area contributed by atoms with Crippen molar-refractivity contribution in [1.29, 1.82) is 0 Å². The third kappa shape index (κ3) is 3.72. The van der Waals surface area contributed by atoms with Gasteiger partial charge in [-0.05, 0) is 30.9 Å². The van der Waals surface area contributed by atoms with Gasteiger partial charge in [0.15, 0.2) is 0 Å². The van der Waals surface area contributed by atoms with E-state index in [-0.39, 0.29) is 29.6 Å². The quantitative estimate of drug-likeness (QED) is 0.659. The lowest BCUT2D eigenvalue weighted by Gasteiger charge is -2.32. The summed E-state index contributed by atoms with van der Waals surface area (Å²) in [7, 11) is 0. The molecular formula is C17H22N4O4. The van der Waals surface area contributed by atoms with Crippen molar-refractivity contribution in [3.05, 3.63) is 33.9 Å². The summed E-state index contributed by atoms with van der Waals surface area (Å²) in [6.45, 7) is 4.49. The second-order valence-electron chi connectivity index (χ2n) is 6.73. The van der Waals surface area contributed by atoms with Crippen LogP contribution in [0.1, 0.15) is 30.1 Å². The minimum Gasteiger partial charge on any atom is -0.366 e. The summed E-state index contributed by atoms with van der Waals surface area (Å²) in [5, 5.41) is 14.2. The molecule has 2 aliphatic rings. The maximum Gasteiger partial charge on any atom is 0.293 e. The van der Waals surface area contributed by atoms with Gasteiger partial charge in [-0.2, -0.15) is 0 Å². The fraction of sp³-hybridized carbons (Fsp3) is 0.529. The van der Waals surface area contributed by atoms with Gasteiger partial charge in [0, 0.05) is 37.8 Å². The lowest BCUT2D eigenvalue weighted by Crippen LogP contribution is -2.50. The molecule has 3 rings (SSSR count). The zero-order valence-corrected chi connectivity index (χ0v) is 14.2. The fourth-order valence-electron chi connectivity index (χ4n) is 3.47. The van der Waals surface area contributed by atoms with Crippen molar-refractivity contribution in [1.82, 2.24) is 10.2 Å². The van der Waals surface area contributed by atoms with Crippen molar-refractivity contribution < 1.29 is 14.5 Å². The van der Waals surface area contributed by atoms with Crippen LogP contribution in [-0.4, -0.2) is 54.4 Å². The van der Waals surface area contributed by atoms with E-state index in [0.29, 0.717) is 24.7 Å². The van der Waals surface area contributed by atoms with Crippen LogP contribution in [0.4, 0.5) is 11.4 Å². The number of rotatable bonds is 3. The van der Waals surface area contributed by atoms with Gasteiger partial charge in [-0.15, -0.1) is 0 Å². The number of amides is 2. The van der Waals surface area contributed by atoms with Gasteiger partial charge in [0.25, 0.3) is 11.6 Å². The largest absolute Gasteiger partial charge is 0.366 e. The van der Waals surface area contributed by atoms with Crippen molar-refractivity contribution in [3.63, 3.8) is 0 Å². The lowest BCUT2D eigenvalue weighted by molar-refractivity contribution is -0.384. The van der Waals surface area contributed by atoms with Gasteiger partial charge in [-0.3, -0.25) is 19.7 Å². The number of anilines is 1. The second kappa shape index (κ2) is 7.08. The Balaban J connectivity index is 1.87. The highest BCUT2D eigenvalue weighted by atomic mass is 16.6. The van der Waals surface area contributed by atoms with E-state index in [9.17, 15) is 19.7 Å². The van der Waals surface area contributed by atoms with Crippen LogP contribution < -0.4 is 10.2 Å². The van der Waals surface area contributed by atoms with Crippen molar-refractivity contribution in [2.75, 3.05) is 37.6 Å². The van der Waals surface area contributed by atoms with Crippen molar-refractivity contribution in [2.24, 2.45) is 5.92 Å². The molecule has 0 radical (unpaired) electrons. The molecule has 0 aromatic heterocycles. The predicted molar refractivity (Wildman–Crippen MR) is 92.6 cm³/mol. The van der Waals surface area contributed by atoms with Gasteiger partial charge in [-0.25, -0.2) is 0 Å². The first kappa shape index (κ1) is 17.2. The lowest BCUT2D eigenvalue weighted by atomic mass is 9.99. The molecule has 0 saturated carbocycles. The Labute approximate surface area is 145 Å². The summed E-state index contributed by atoms with van der Waals surface area (Å²) >= 11 is 0. The molecule has 2 aliphatic heterocycles. The number of carbonyl (C=O) groups excluding carboxylic acids is 2. The van der Waals surface area contributed by atoms with Gasteiger partial charge >= 0.3 is 0 Å². The number of piperazine rings is 1. The van der Waals surface area contributed by atoms with Gasteiger partial charge in [0.05, 0.1) is 11.5 Å². The molecule has 2 fully saturated rings. The van der Waals surface area contributed by atoms with Crippen LogP contribution in [0, 0.1) is 16.0 Å². The monoisotopic (exact) mass is 346 g/mol.